The fourth-order valence-electron chi connectivity index (χ4n) is 3.00. The molecule has 0 saturated heterocycles. The number of esters is 1. The second-order valence-corrected chi connectivity index (χ2v) is 10.3. The molecule has 0 aliphatic carbocycles. The normalized spacial score (nSPS) is 12.7. The van der Waals surface area contributed by atoms with Gasteiger partial charge in [-0.3, -0.25) is 24.0 Å². The maximum Gasteiger partial charge on any atom is 0.324 e. The zero-order valence-electron chi connectivity index (χ0n) is 21.3. The Balaban J connectivity index is 2.54. The van der Waals surface area contributed by atoms with Gasteiger partial charge in [-0.05, 0) is 24.1 Å². The van der Waals surface area contributed by atoms with Gasteiger partial charge in [-0.2, -0.15) is 0 Å². The highest BCUT2D eigenvalue weighted by molar-refractivity contribution is 8.13. The summed E-state index contributed by atoms with van der Waals surface area (Å²) in [5.41, 5.74) is 5.17. The number of phenolic OH excluding ortho intramolecular Hbond substituents is 2. The summed E-state index contributed by atoms with van der Waals surface area (Å²) in [7, 11) is 0. The van der Waals surface area contributed by atoms with Crippen molar-refractivity contribution >= 4 is 40.6 Å². The first-order chi connectivity index (χ1) is 17.8. The summed E-state index contributed by atoms with van der Waals surface area (Å²) in [6.07, 6.45) is -1.93. The third-order valence-corrected chi connectivity index (χ3v) is 6.20. The minimum Gasteiger partial charge on any atom is -0.504 e. The van der Waals surface area contributed by atoms with Crippen LogP contribution >= 0.6 is 11.8 Å². The highest BCUT2D eigenvalue weighted by Crippen LogP contribution is 2.26. The molecule has 0 heterocycles. The first-order valence-electron chi connectivity index (χ1n) is 11.8. The van der Waals surface area contributed by atoms with Gasteiger partial charge in [0.2, 0.25) is 5.91 Å². The topological polar surface area (TPSA) is 226 Å². The number of ether oxygens (including phenoxy) is 1. The molecular weight excluding hydrogens is 522 g/mol. The van der Waals surface area contributed by atoms with Gasteiger partial charge >= 0.3 is 11.9 Å². The number of carboxylic acid groups (broad SMARTS) is 1. The van der Waals surface area contributed by atoms with Crippen molar-refractivity contribution < 1.29 is 49.1 Å². The highest BCUT2D eigenvalue weighted by Gasteiger charge is 2.39. The third-order valence-electron chi connectivity index (χ3n) is 5.27. The molecule has 212 valence electrons. The maximum absolute atomic E-state index is 12.8. The summed E-state index contributed by atoms with van der Waals surface area (Å²) < 4.78 is 5.33. The van der Waals surface area contributed by atoms with Gasteiger partial charge < -0.3 is 41.5 Å². The number of phenols is 2. The Hall–Kier alpha value is -3.36. The second kappa shape index (κ2) is 15.8. The van der Waals surface area contributed by atoms with Crippen LogP contribution in [0.4, 0.5) is 0 Å². The number of nitrogens with two attached hydrogens (primary N) is 1. The number of aliphatic carboxylic acids is 1. The average Bonchev–Trinajstić information content (AvgIpc) is 2.85. The van der Waals surface area contributed by atoms with Gasteiger partial charge in [0.25, 0.3) is 5.91 Å². The summed E-state index contributed by atoms with van der Waals surface area (Å²) in [5.74, 6) is -3.57. The lowest BCUT2D eigenvalue weighted by Crippen LogP contribution is -2.51. The number of carbonyl (C=O) groups is 5. The van der Waals surface area contributed by atoms with E-state index in [2.05, 4.69) is 10.6 Å². The first-order valence-corrected chi connectivity index (χ1v) is 12.7. The monoisotopic (exact) mass is 557 g/mol. The number of aliphatic hydroxyl groups excluding tert-OH is 1. The Morgan fingerprint density at radius 2 is 1.71 bits per heavy atom. The van der Waals surface area contributed by atoms with Crippen molar-refractivity contribution in [1.29, 1.82) is 0 Å². The van der Waals surface area contributed by atoms with Gasteiger partial charge in [-0.15, -0.1) is 0 Å². The van der Waals surface area contributed by atoms with E-state index in [0.717, 1.165) is 11.8 Å². The predicted molar refractivity (Wildman–Crippen MR) is 137 cm³/mol. The molecule has 0 fully saturated rings. The van der Waals surface area contributed by atoms with Gasteiger partial charge in [0, 0.05) is 37.1 Å². The Morgan fingerprint density at radius 1 is 1.03 bits per heavy atom. The number of aliphatic hydroxyl groups is 1. The number of benzene rings is 1. The highest BCUT2D eigenvalue weighted by atomic mass is 32.2. The van der Waals surface area contributed by atoms with Crippen molar-refractivity contribution in [3.8, 4) is 11.5 Å². The zero-order chi connectivity index (χ0) is 28.9. The summed E-state index contributed by atoms with van der Waals surface area (Å²) >= 11 is 0.915. The average molecular weight is 558 g/mol. The number of aromatic hydroxyl groups is 2. The lowest BCUT2D eigenvalue weighted by Gasteiger charge is -2.31. The summed E-state index contributed by atoms with van der Waals surface area (Å²) in [4.78, 5) is 59.3. The molecule has 0 bridgehead atoms. The molecule has 0 aromatic heterocycles. The number of carboxylic acids is 1. The fourth-order valence-corrected chi connectivity index (χ4v) is 3.68. The number of carbonyl (C=O) groups excluding carboxylic acids is 4. The zero-order valence-corrected chi connectivity index (χ0v) is 22.1. The molecule has 38 heavy (non-hydrogen) atoms. The lowest BCUT2D eigenvalue weighted by molar-refractivity contribution is -0.166. The minimum atomic E-state index is -1.42. The third kappa shape index (κ3) is 11.8. The van der Waals surface area contributed by atoms with E-state index in [1.807, 2.05) is 0 Å². The molecule has 0 aliphatic rings. The molecule has 1 rings (SSSR count). The molecule has 14 heteroatoms. The summed E-state index contributed by atoms with van der Waals surface area (Å²) in [6.45, 7) is 2.60. The van der Waals surface area contributed by atoms with Crippen LogP contribution in [0.25, 0.3) is 0 Å². The fraction of sp³-hybridized carbons (Fsp3) is 0.542. The van der Waals surface area contributed by atoms with Crippen LogP contribution < -0.4 is 16.4 Å². The van der Waals surface area contributed by atoms with Crippen molar-refractivity contribution in [2.24, 2.45) is 11.1 Å². The molecule has 2 amide bonds. The lowest BCUT2D eigenvalue weighted by atomic mass is 9.86. The molecule has 0 unspecified atom stereocenters. The van der Waals surface area contributed by atoms with Gasteiger partial charge in [0.15, 0.2) is 22.7 Å². The molecule has 0 spiro atoms. The molecule has 8 N–H and O–H groups in total. The molecule has 0 aliphatic heterocycles. The van der Waals surface area contributed by atoms with E-state index in [4.69, 9.17) is 15.6 Å². The standard InChI is InChI=1S/C24H35N3O10S/c1-24(2,13-28)21(37-23(36)15(25)11-14-3-4-16(29)17(30)12-14)22(35)27-8-7-18(31)26-9-10-38-20(34)6-5-19(32)33/h3-4,12,15,21,28-30H,5-11,13,25H2,1-2H3,(H,26,31)(H,27,35)(H,32,33)/t15-,21-/m0/s1. The minimum absolute atomic E-state index is 0.0514. The molecule has 0 saturated carbocycles. The maximum atomic E-state index is 12.8. The van der Waals surface area contributed by atoms with Crippen molar-refractivity contribution in [3.63, 3.8) is 0 Å². The van der Waals surface area contributed by atoms with Crippen LogP contribution in [0.1, 0.15) is 38.7 Å². The molecule has 0 radical (unpaired) electrons. The number of thioether (sulfide) groups is 1. The number of amides is 2. The smallest absolute Gasteiger partial charge is 0.324 e. The number of nitrogens with one attached hydrogen (secondary N) is 2. The Kier molecular flexibility index (Phi) is 13.6. The molecule has 13 nitrogen and oxygen atoms in total. The molecule has 2 atom stereocenters. The largest absolute Gasteiger partial charge is 0.504 e. The van der Waals surface area contributed by atoms with Crippen LogP contribution in [0.3, 0.4) is 0 Å². The van der Waals surface area contributed by atoms with Crippen molar-refractivity contribution in [3.05, 3.63) is 23.8 Å². The van der Waals surface area contributed by atoms with Crippen molar-refractivity contribution in [2.75, 3.05) is 25.4 Å². The molecule has 1 aromatic rings. The van der Waals surface area contributed by atoms with Crippen molar-refractivity contribution in [1.82, 2.24) is 10.6 Å². The van der Waals surface area contributed by atoms with Crippen molar-refractivity contribution in [2.45, 2.75) is 51.7 Å². The quantitative estimate of drug-likeness (QED) is 0.0786. The SMILES string of the molecule is CC(C)(CO)[C@@H](OC(=O)[C@@H](N)Cc1ccc(O)c(O)c1)C(=O)NCCC(=O)NCCSC(=O)CCC(=O)O. The molecule has 1 aromatic carbocycles. The number of rotatable bonds is 16. The van der Waals surface area contributed by atoms with E-state index >= 15 is 0 Å². The van der Waals surface area contributed by atoms with E-state index in [9.17, 15) is 39.3 Å². The van der Waals surface area contributed by atoms with Crippen LogP contribution in [0.2, 0.25) is 0 Å². The van der Waals surface area contributed by atoms with Crippen LogP contribution in [0.15, 0.2) is 18.2 Å². The van der Waals surface area contributed by atoms with Gasteiger partial charge in [0.1, 0.15) is 6.04 Å². The molecular formula is C24H35N3O10S. The van der Waals surface area contributed by atoms with Gasteiger partial charge in [0.05, 0.1) is 13.0 Å². The van der Waals surface area contributed by atoms with Gasteiger partial charge in [-0.25, -0.2) is 0 Å². The van der Waals surface area contributed by atoms with Crippen LogP contribution in [0.5, 0.6) is 11.5 Å². The second-order valence-electron chi connectivity index (χ2n) is 9.10. The Labute approximate surface area is 224 Å². The Bertz CT molecular complexity index is 1000. The number of hydrogen-bond acceptors (Lipinski definition) is 11. The first kappa shape index (κ1) is 32.7. The van der Waals surface area contributed by atoms with Crippen LogP contribution in [-0.2, 0) is 35.1 Å². The van der Waals surface area contributed by atoms with E-state index in [1.165, 1.54) is 32.0 Å². The number of hydrogen-bond donors (Lipinski definition) is 7. The van der Waals surface area contributed by atoms with E-state index in [-0.39, 0.29) is 61.1 Å². The van der Waals surface area contributed by atoms with Gasteiger partial charge in [-0.1, -0.05) is 31.7 Å². The summed E-state index contributed by atoms with van der Waals surface area (Å²) in [5, 5.41) is 42.0. The van der Waals surface area contributed by atoms with E-state index in [1.54, 1.807) is 0 Å². The summed E-state index contributed by atoms with van der Waals surface area (Å²) in [6, 6.07) is 2.74. The van der Waals surface area contributed by atoms with Crippen LogP contribution in [0, 0.1) is 5.41 Å². The van der Waals surface area contributed by atoms with E-state index in [0.29, 0.717) is 5.56 Å². The Morgan fingerprint density at radius 3 is 2.32 bits per heavy atom. The van der Waals surface area contributed by atoms with E-state index < -0.39 is 47.9 Å². The predicted octanol–water partition coefficient (Wildman–Crippen LogP) is -0.355. The van der Waals surface area contributed by atoms with Crippen LogP contribution in [-0.4, -0.2) is 86.9 Å².